The van der Waals surface area contributed by atoms with Crippen LogP contribution in [0.15, 0.2) is 48.5 Å². The number of amides is 1. The molecule has 6 nitrogen and oxygen atoms in total. The summed E-state index contributed by atoms with van der Waals surface area (Å²) in [5.41, 5.74) is 0.219. The lowest BCUT2D eigenvalue weighted by atomic mass is 10.2. The first-order chi connectivity index (χ1) is 12.1. The molecule has 1 amide bonds. The average molecular weight is 364 g/mol. The summed E-state index contributed by atoms with van der Waals surface area (Å²) in [6, 6.07) is 13.7. The minimum atomic E-state index is -0.647. The number of para-hydroxylation sites is 2. The van der Waals surface area contributed by atoms with E-state index in [1.165, 1.54) is 6.07 Å². The monoisotopic (exact) mass is 363 g/mol. The van der Waals surface area contributed by atoms with Crippen molar-refractivity contribution in [3.05, 3.63) is 59.1 Å². The van der Waals surface area contributed by atoms with Crippen LogP contribution in [0.3, 0.4) is 0 Å². The van der Waals surface area contributed by atoms with Gasteiger partial charge in [0.05, 0.1) is 24.2 Å². The van der Waals surface area contributed by atoms with Gasteiger partial charge in [0.15, 0.2) is 18.1 Å². The van der Waals surface area contributed by atoms with E-state index >= 15 is 0 Å². The van der Waals surface area contributed by atoms with E-state index in [1.807, 2.05) is 12.1 Å². The first kappa shape index (κ1) is 18.6. The Morgan fingerprint density at radius 1 is 1.04 bits per heavy atom. The molecule has 0 aromatic heterocycles. The zero-order valence-electron chi connectivity index (χ0n) is 13.7. The number of carbonyl (C=O) groups excluding carboxylic acids is 2. The number of benzene rings is 2. The highest BCUT2D eigenvalue weighted by atomic mass is 35.5. The lowest BCUT2D eigenvalue weighted by Crippen LogP contribution is -2.32. The van der Waals surface area contributed by atoms with Crippen molar-refractivity contribution in [1.29, 1.82) is 0 Å². The first-order valence-corrected chi connectivity index (χ1v) is 7.93. The molecule has 0 heterocycles. The van der Waals surface area contributed by atoms with E-state index < -0.39 is 18.5 Å². The zero-order chi connectivity index (χ0) is 18.1. The second kappa shape index (κ2) is 9.54. The van der Waals surface area contributed by atoms with Crippen LogP contribution in [0.2, 0.25) is 5.02 Å². The summed E-state index contributed by atoms with van der Waals surface area (Å²) in [5.74, 6) is 0.127. The highest BCUT2D eigenvalue weighted by Crippen LogP contribution is 2.25. The van der Waals surface area contributed by atoms with Crippen molar-refractivity contribution in [2.75, 3.05) is 26.9 Å². The molecule has 0 aliphatic heterocycles. The molecule has 0 radical (unpaired) electrons. The molecule has 0 atom stereocenters. The van der Waals surface area contributed by atoms with Gasteiger partial charge in [-0.05, 0) is 24.3 Å². The van der Waals surface area contributed by atoms with E-state index in [4.69, 9.17) is 25.8 Å². The smallest absolute Gasteiger partial charge is 0.340 e. The maximum absolute atomic E-state index is 11.8. The van der Waals surface area contributed by atoms with Crippen molar-refractivity contribution in [3.8, 4) is 11.5 Å². The van der Waals surface area contributed by atoms with E-state index in [9.17, 15) is 9.59 Å². The molecule has 132 valence electrons. The molecule has 0 unspecified atom stereocenters. The fraction of sp³-hybridized carbons (Fsp3) is 0.222. The minimum absolute atomic E-state index is 0.219. The quantitative estimate of drug-likeness (QED) is 0.576. The summed E-state index contributed by atoms with van der Waals surface area (Å²) in [5, 5.41) is 2.87. The van der Waals surface area contributed by atoms with E-state index in [1.54, 1.807) is 37.4 Å². The molecule has 0 spiro atoms. The van der Waals surface area contributed by atoms with Crippen LogP contribution in [-0.2, 0) is 9.53 Å². The Balaban J connectivity index is 1.69. The predicted molar refractivity (Wildman–Crippen MR) is 93.2 cm³/mol. The predicted octanol–water partition coefficient (Wildman–Crippen LogP) is 2.70. The van der Waals surface area contributed by atoms with Gasteiger partial charge in [-0.15, -0.1) is 0 Å². The lowest BCUT2D eigenvalue weighted by molar-refractivity contribution is -0.124. The third-order valence-electron chi connectivity index (χ3n) is 3.18. The Bertz CT molecular complexity index is 735. The summed E-state index contributed by atoms with van der Waals surface area (Å²) >= 11 is 5.89. The molecule has 2 aromatic rings. The van der Waals surface area contributed by atoms with Crippen LogP contribution in [0.25, 0.3) is 0 Å². The Morgan fingerprint density at radius 3 is 2.44 bits per heavy atom. The van der Waals surface area contributed by atoms with Gasteiger partial charge in [0.25, 0.3) is 5.91 Å². The van der Waals surface area contributed by atoms with Crippen LogP contribution in [0.5, 0.6) is 11.5 Å². The fourth-order valence-electron chi connectivity index (χ4n) is 1.98. The number of hydrogen-bond donors (Lipinski definition) is 1. The highest BCUT2D eigenvalue weighted by molar-refractivity contribution is 6.33. The summed E-state index contributed by atoms with van der Waals surface area (Å²) in [4.78, 5) is 23.5. The number of rotatable bonds is 8. The standard InChI is InChI=1S/C18H18ClNO5/c1-23-15-8-4-5-9-16(15)24-11-10-20-17(21)12-25-18(22)13-6-2-3-7-14(13)19/h2-9H,10-12H2,1H3,(H,20,21). The number of halogens is 1. The molecule has 1 N–H and O–H groups in total. The molecule has 25 heavy (non-hydrogen) atoms. The van der Waals surface area contributed by atoms with Gasteiger partial charge in [0.1, 0.15) is 6.61 Å². The van der Waals surface area contributed by atoms with Gasteiger partial charge >= 0.3 is 5.97 Å². The van der Waals surface area contributed by atoms with Crippen molar-refractivity contribution < 1.29 is 23.8 Å². The fourth-order valence-corrected chi connectivity index (χ4v) is 2.19. The van der Waals surface area contributed by atoms with Gasteiger partial charge in [0, 0.05) is 0 Å². The lowest BCUT2D eigenvalue weighted by Gasteiger charge is -2.11. The van der Waals surface area contributed by atoms with Crippen molar-refractivity contribution in [2.24, 2.45) is 0 Å². The van der Waals surface area contributed by atoms with Gasteiger partial charge in [-0.2, -0.15) is 0 Å². The van der Waals surface area contributed by atoms with Crippen LogP contribution in [-0.4, -0.2) is 38.7 Å². The average Bonchev–Trinajstić information content (AvgIpc) is 2.64. The molecule has 2 aromatic carbocycles. The highest BCUT2D eigenvalue weighted by Gasteiger charge is 2.13. The summed E-state index contributed by atoms with van der Waals surface area (Å²) in [7, 11) is 1.55. The number of ether oxygens (including phenoxy) is 3. The van der Waals surface area contributed by atoms with Crippen molar-refractivity contribution in [1.82, 2.24) is 5.32 Å². The van der Waals surface area contributed by atoms with Crippen LogP contribution in [0.1, 0.15) is 10.4 Å². The summed E-state index contributed by atoms with van der Waals surface area (Å²) in [6.45, 7) is 0.129. The Morgan fingerprint density at radius 2 is 1.72 bits per heavy atom. The van der Waals surface area contributed by atoms with Gasteiger partial charge in [-0.3, -0.25) is 4.79 Å². The summed E-state index contributed by atoms with van der Waals surface area (Å²) in [6.07, 6.45) is 0. The van der Waals surface area contributed by atoms with E-state index in [0.29, 0.717) is 11.5 Å². The van der Waals surface area contributed by atoms with Gasteiger partial charge in [0.2, 0.25) is 0 Å². The molecular formula is C18H18ClNO5. The molecule has 0 aliphatic carbocycles. The zero-order valence-corrected chi connectivity index (χ0v) is 14.4. The number of esters is 1. The first-order valence-electron chi connectivity index (χ1n) is 7.56. The topological polar surface area (TPSA) is 73.9 Å². The third-order valence-corrected chi connectivity index (χ3v) is 3.51. The van der Waals surface area contributed by atoms with E-state index in [-0.39, 0.29) is 23.7 Å². The van der Waals surface area contributed by atoms with Crippen LogP contribution in [0.4, 0.5) is 0 Å². The summed E-state index contributed by atoms with van der Waals surface area (Å²) < 4.78 is 15.6. The van der Waals surface area contributed by atoms with Crippen molar-refractivity contribution in [3.63, 3.8) is 0 Å². The molecule has 7 heteroatoms. The van der Waals surface area contributed by atoms with Crippen LogP contribution >= 0.6 is 11.6 Å². The second-order valence-electron chi connectivity index (χ2n) is 4.91. The Hall–Kier alpha value is -2.73. The molecular weight excluding hydrogens is 346 g/mol. The van der Waals surface area contributed by atoms with Crippen molar-refractivity contribution >= 4 is 23.5 Å². The Labute approximate surface area is 150 Å². The molecule has 0 aliphatic rings. The molecule has 0 fully saturated rings. The number of hydrogen-bond acceptors (Lipinski definition) is 5. The van der Waals surface area contributed by atoms with Crippen LogP contribution in [0, 0.1) is 0 Å². The SMILES string of the molecule is COc1ccccc1OCCNC(=O)COC(=O)c1ccccc1Cl. The second-order valence-corrected chi connectivity index (χ2v) is 5.31. The van der Waals surface area contributed by atoms with Crippen LogP contribution < -0.4 is 14.8 Å². The van der Waals surface area contributed by atoms with Crippen molar-refractivity contribution in [2.45, 2.75) is 0 Å². The van der Waals surface area contributed by atoms with E-state index in [2.05, 4.69) is 5.32 Å². The maximum Gasteiger partial charge on any atom is 0.340 e. The van der Waals surface area contributed by atoms with Gasteiger partial charge in [-0.1, -0.05) is 35.9 Å². The maximum atomic E-state index is 11.8. The number of nitrogens with one attached hydrogen (secondary N) is 1. The molecule has 0 saturated carbocycles. The van der Waals surface area contributed by atoms with Gasteiger partial charge < -0.3 is 19.5 Å². The molecule has 0 bridgehead atoms. The molecule has 0 saturated heterocycles. The van der Waals surface area contributed by atoms with E-state index in [0.717, 1.165) is 0 Å². The molecule has 2 rings (SSSR count). The Kier molecular flexibility index (Phi) is 7.10. The number of methoxy groups -OCH3 is 1. The van der Waals surface area contributed by atoms with Gasteiger partial charge in [-0.25, -0.2) is 4.79 Å². The number of carbonyl (C=O) groups is 2. The third kappa shape index (κ3) is 5.69. The minimum Gasteiger partial charge on any atom is -0.493 e. The normalized spacial score (nSPS) is 10.0. The largest absolute Gasteiger partial charge is 0.493 e.